The summed E-state index contributed by atoms with van der Waals surface area (Å²) >= 11 is 0. The molecule has 2 saturated heterocycles. The summed E-state index contributed by atoms with van der Waals surface area (Å²) in [6.45, 7) is 10.3. The van der Waals surface area contributed by atoms with Crippen LogP contribution in [0.2, 0.25) is 0 Å². The summed E-state index contributed by atoms with van der Waals surface area (Å²) in [6, 6.07) is 8.44. The molecule has 7 nitrogen and oxygen atoms in total. The van der Waals surface area contributed by atoms with E-state index >= 15 is 0 Å². The number of rotatable bonds is 12. The van der Waals surface area contributed by atoms with Crippen LogP contribution < -0.4 is 4.74 Å². The third-order valence-electron chi connectivity index (χ3n) is 8.87. The highest BCUT2D eigenvalue weighted by molar-refractivity contribution is 6.06. The second-order valence-corrected chi connectivity index (χ2v) is 11.8. The van der Waals surface area contributed by atoms with Gasteiger partial charge < -0.3 is 14.5 Å². The van der Waals surface area contributed by atoms with Gasteiger partial charge in [-0.3, -0.25) is 19.5 Å². The fourth-order valence-electron chi connectivity index (χ4n) is 6.35. The number of hydrogen-bond donors (Lipinski definition) is 0. The lowest BCUT2D eigenvalue weighted by Crippen LogP contribution is -2.48. The minimum atomic E-state index is 0.107. The van der Waals surface area contributed by atoms with Crippen LogP contribution in [-0.4, -0.2) is 84.6 Å². The van der Waals surface area contributed by atoms with Crippen molar-refractivity contribution in [3.8, 4) is 5.75 Å². The fraction of sp³-hybridized carbons (Fsp3) is 0.606. The highest BCUT2D eigenvalue weighted by atomic mass is 16.5. The largest absolute Gasteiger partial charge is 0.493 e. The Hall–Kier alpha value is -2.93. The topological polar surface area (TPSA) is 65.5 Å². The lowest BCUT2D eigenvalue weighted by Gasteiger charge is -2.34. The van der Waals surface area contributed by atoms with Crippen molar-refractivity contribution in [2.45, 2.75) is 84.1 Å². The van der Waals surface area contributed by atoms with Crippen molar-refractivity contribution in [3.05, 3.63) is 35.4 Å². The molecule has 216 valence electrons. The van der Waals surface area contributed by atoms with Crippen molar-refractivity contribution in [2.24, 2.45) is 4.99 Å². The number of carbonyl (C=O) groups is 2. The van der Waals surface area contributed by atoms with Crippen molar-refractivity contribution in [1.29, 1.82) is 0 Å². The van der Waals surface area contributed by atoms with Crippen LogP contribution in [0.3, 0.4) is 0 Å². The first-order valence-electron chi connectivity index (χ1n) is 15.5. The predicted octanol–water partition coefficient (Wildman–Crippen LogP) is 6.13. The van der Waals surface area contributed by atoms with Gasteiger partial charge in [-0.25, -0.2) is 0 Å². The van der Waals surface area contributed by atoms with Crippen LogP contribution in [0.5, 0.6) is 5.75 Å². The van der Waals surface area contributed by atoms with Gasteiger partial charge in [0.1, 0.15) is 5.75 Å². The van der Waals surface area contributed by atoms with E-state index in [0.717, 1.165) is 86.4 Å². The number of fused-ring (bicyclic) bond motifs is 3. The van der Waals surface area contributed by atoms with Gasteiger partial charge in [0.2, 0.25) is 5.91 Å². The molecule has 5 rings (SSSR count). The Morgan fingerprint density at radius 3 is 2.35 bits per heavy atom. The Labute approximate surface area is 239 Å². The Morgan fingerprint density at radius 1 is 0.900 bits per heavy atom. The number of carbonyl (C=O) groups excluding carboxylic acids is 2. The maximum atomic E-state index is 13.1. The molecule has 3 heterocycles. The summed E-state index contributed by atoms with van der Waals surface area (Å²) in [4.78, 5) is 35.7. The predicted molar refractivity (Wildman–Crippen MR) is 162 cm³/mol. The molecular formula is C33H46N4O3. The van der Waals surface area contributed by atoms with Gasteiger partial charge in [-0.15, -0.1) is 0 Å². The number of nitrogens with zero attached hydrogens (tertiary/aromatic N) is 4. The summed E-state index contributed by atoms with van der Waals surface area (Å²) in [5.74, 6) is 1.24. The zero-order chi connectivity index (χ0) is 27.9. The highest BCUT2D eigenvalue weighted by Gasteiger charge is 2.31. The Balaban J connectivity index is 0.978. The first-order valence-corrected chi connectivity index (χ1v) is 15.5. The summed E-state index contributed by atoms with van der Waals surface area (Å²) in [5, 5.41) is 2.14. The van der Waals surface area contributed by atoms with Crippen LogP contribution in [0.25, 0.3) is 10.8 Å². The molecular weight excluding hydrogens is 500 g/mol. The third-order valence-corrected chi connectivity index (χ3v) is 8.87. The normalized spacial score (nSPS) is 19.1. The molecule has 2 amide bonds. The van der Waals surface area contributed by atoms with Gasteiger partial charge in [-0.1, -0.05) is 38.5 Å². The Kier molecular flexibility index (Phi) is 9.74. The molecule has 0 aromatic heterocycles. The number of ether oxygens (including phenoxy) is 1. The van der Waals surface area contributed by atoms with Crippen LogP contribution in [-0.2, 0) is 4.79 Å². The summed E-state index contributed by atoms with van der Waals surface area (Å²) < 4.78 is 6.19. The van der Waals surface area contributed by atoms with Crippen LogP contribution in [0.4, 0.5) is 5.69 Å². The van der Waals surface area contributed by atoms with Crippen LogP contribution in [0, 0.1) is 6.92 Å². The molecule has 3 aliphatic heterocycles. The van der Waals surface area contributed by atoms with E-state index in [0.29, 0.717) is 5.56 Å². The molecule has 0 radical (unpaired) electrons. The molecule has 0 saturated carbocycles. The van der Waals surface area contributed by atoms with E-state index < -0.39 is 0 Å². The maximum Gasteiger partial charge on any atom is 0.256 e. The molecule has 0 N–H and O–H groups in total. The quantitative estimate of drug-likeness (QED) is 0.300. The summed E-state index contributed by atoms with van der Waals surface area (Å²) in [6.07, 6.45) is 14.1. The minimum Gasteiger partial charge on any atom is -0.493 e. The number of unbranched alkanes of at least 4 members (excludes halogenated alkanes) is 7. The van der Waals surface area contributed by atoms with Gasteiger partial charge >= 0.3 is 0 Å². The van der Waals surface area contributed by atoms with Gasteiger partial charge in [-0.2, -0.15) is 0 Å². The van der Waals surface area contributed by atoms with Gasteiger partial charge in [0.05, 0.1) is 23.9 Å². The van der Waals surface area contributed by atoms with Gasteiger partial charge in [0, 0.05) is 45.9 Å². The van der Waals surface area contributed by atoms with E-state index in [-0.39, 0.29) is 17.9 Å². The number of hydrogen-bond acceptors (Lipinski definition) is 5. The van der Waals surface area contributed by atoms with Crippen molar-refractivity contribution in [1.82, 2.24) is 14.7 Å². The van der Waals surface area contributed by atoms with Crippen LogP contribution >= 0.6 is 0 Å². The van der Waals surface area contributed by atoms with Crippen molar-refractivity contribution in [2.75, 3.05) is 45.9 Å². The molecule has 0 unspecified atom stereocenters. The van der Waals surface area contributed by atoms with Crippen molar-refractivity contribution < 1.29 is 14.3 Å². The zero-order valence-corrected chi connectivity index (χ0v) is 24.5. The average Bonchev–Trinajstić information content (AvgIpc) is 3.38. The number of aliphatic imine (C=N–C) groups is 1. The van der Waals surface area contributed by atoms with Gasteiger partial charge in [-0.05, 0) is 79.8 Å². The first-order chi connectivity index (χ1) is 19.5. The fourth-order valence-corrected chi connectivity index (χ4v) is 6.35. The van der Waals surface area contributed by atoms with Gasteiger partial charge in [0.25, 0.3) is 5.91 Å². The van der Waals surface area contributed by atoms with E-state index in [1.807, 2.05) is 28.1 Å². The molecule has 3 aliphatic rings. The lowest BCUT2D eigenvalue weighted by molar-refractivity contribution is -0.130. The van der Waals surface area contributed by atoms with Crippen molar-refractivity contribution >= 4 is 34.5 Å². The Morgan fingerprint density at radius 2 is 1.60 bits per heavy atom. The van der Waals surface area contributed by atoms with E-state index in [1.54, 1.807) is 6.92 Å². The average molecular weight is 547 g/mol. The second kappa shape index (κ2) is 13.6. The lowest BCUT2D eigenvalue weighted by atomic mass is 10.0. The molecule has 2 aromatic carbocycles. The number of aryl methyl sites for hydroxylation is 1. The number of amides is 2. The standard InChI is InChI=1S/C33H46N4O3/c1-25-20-27-21-30-31(34-24-29-12-11-14-37(29)33(30)39)22-28(27)23-32(25)40-19-10-8-6-4-3-5-7-9-13-35-15-17-36(18-16-35)26(2)38/h20-24,29H,3-19H2,1-2H3/t29-/m0/s1. The van der Waals surface area contributed by atoms with Crippen LogP contribution in [0.1, 0.15) is 87.1 Å². The van der Waals surface area contributed by atoms with Gasteiger partial charge in [0.15, 0.2) is 0 Å². The monoisotopic (exact) mass is 546 g/mol. The third kappa shape index (κ3) is 7.03. The van der Waals surface area contributed by atoms with Crippen molar-refractivity contribution in [3.63, 3.8) is 0 Å². The van der Waals surface area contributed by atoms with E-state index in [2.05, 4.69) is 24.0 Å². The molecule has 1 atom stereocenters. The maximum absolute atomic E-state index is 13.1. The second-order valence-electron chi connectivity index (χ2n) is 11.8. The number of benzene rings is 2. The number of piperazine rings is 1. The first kappa shape index (κ1) is 28.6. The summed E-state index contributed by atoms with van der Waals surface area (Å²) in [7, 11) is 0. The molecule has 40 heavy (non-hydrogen) atoms. The molecule has 0 aliphatic carbocycles. The molecule has 2 fully saturated rings. The van der Waals surface area contributed by atoms with E-state index in [4.69, 9.17) is 9.73 Å². The van der Waals surface area contributed by atoms with E-state index in [1.165, 1.54) is 51.5 Å². The molecule has 2 aromatic rings. The summed E-state index contributed by atoms with van der Waals surface area (Å²) in [5.41, 5.74) is 2.59. The SMILES string of the molecule is CC(=O)N1CCN(CCCCCCCCCCOc2cc3cc4c(cc3cc2C)C(=O)N2CCC[C@H]2C=N4)CC1. The molecule has 0 bridgehead atoms. The zero-order valence-electron chi connectivity index (χ0n) is 24.5. The minimum absolute atomic E-state index is 0.107. The molecule has 7 heteroatoms. The molecule has 0 spiro atoms. The highest BCUT2D eigenvalue weighted by Crippen LogP contribution is 2.35. The van der Waals surface area contributed by atoms with Crippen LogP contribution in [0.15, 0.2) is 29.3 Å². The van der Waals surface area contributed by atoms with E-state index in [9.17, 15) is 9.59 Å². The Bertz CT molecular complexity index is 1220. The smallest absolute Gasteiger partial charge is 0.256 e.